The number of nitrogens with one attached hydrogen (secondary N) is 1. The van der Waals surface area contributed by atoms with E-state index in [0.29, 0.717) is 12.0 Å². The Bertz CT molecular complexity index is 606. The Morgan fingerprint density at radius 1 is 1.35 bits per heavy atom. The molecule has 0 aliphatic heterocycles. The van der Waals surface area contributed by atoms with Gasteiger partial charge in [-0.05, 0) is 44.9 Å². The summed E-state index contributed by atoms with van der Waals surface area (Å²) in [7, 11) is -2.40. The van der Waals surface area contributed by atoms with Crippen LogP contribution in [-0.4, -0.2) is 27.0 Å². The van der Waals surface area contributed by atoms with Gasteiger partial charge in [0.15, 0.2) is 0 Å². The van der Waals surface area contributed by atoms with Gasteiger partial charge in [-0.15, -0.1) is 0 Å². The average molecular weight is 299 g/mol. The predicted octanol–water partition coefficient (Wildman–Crippen LogP) is 2.25. The Morgan fingerprint density at radius 2 is 1.95 bits per heavy atom. The zero-order valence-corrected chi connectivity index (χ0v) is 13.3. The van der Waals surface area contributed by atoms with Crippen molar-refractivity contribution in [2.24, 2.45) is 0 Å². The molecule has 0 unspecified atom stereocenters. The Balaban J connectivity index is 3.24. The number of carbonyl (C=O) groups is 1. The Labute approximate surface area is 120 Å². The summed E-state index contributed by atoms with van der Waals surface area (Å²) < 4.78 is 31.9. The van der Waals surface area contributed by atoms with E-state index in [2.05, 4.69) is 9.46 Å². The third-order valence-electron chi connectivity index (χ3n) is 3.22. The summed E-state index contributed by atoms with van der Waals surface area (Å²) in [5.41, 5.74) is 0.380. The molecule has 0 aromatic heterocycles. The third kappa shape index (κ3) is 3.80. The van der Waals surface area contributed by atoms with E-state index in [1.165, 1.54) is 19.2 Å². The summed E-state index contributed by atoms with van der Waals surface area (Å²) >= 11 is 0. The quantitative estimate of drug-likeness (QED) is 0.846. The van der Waals surface area contributed by atoms with E-state index < -0.39 is 21.5 Å². The number of hydrogen-bond donors (Lipinski definition) is 1. The smallest absolute Gasteiger partial charge is 0.338 e. The van der Waals surface area contributed by atoms with Crippen molar-refractivity contribution < 1.29 is 17.9 Å². The van der Waals surface area contributed by atoms with E-state index in [1.807, 2.05) is 6.92 Å². The van der Waals surface area contributed by atoms with Crippen LogP contribution in [0.4, 0.5) is 0 Å². The lowest BCUT2D eigenvalue weighted by molar-refractivity contribution is 0.0599. The number of ether oxygens (including phenoxy) is 1. The number of sulfonamides is 1. The minimum absolute atomic E-state index is 0.0602. The first-order valence-corrected chi connectivity index (χ1v) is 7.84. The summed E-state index contributed by atoms with van der Waals surface area (Å²) in [6.45, 7) is 7.24. The minimum atomic E-state index is -3.67. The lowest BCUT2D eigenvalue weighted by atomic mass is 10.0. The summed E-state index contributed by atoms with van der Waals surface area (Å²) in [5.74, 6) is -0.547. The highest BCUT2D eigenvalue weighted by Gasteiger charge is 2.25. The van der Waals surface area contributed by atoms with Crippen molar-refractivity contribution in [3.63, 3.8) is 0 Å². The Morgan fingerprint density at radius 3 is 2.45 bits per heavy atom. The highest BCUT2D eigenvalue weighted by Crippen LogP contribution is 2.19. The normalized spacial score (nSPS) is 12.2. The number of benzene rings is 1. The molecule has 0 radical (unpaired) electrons. The lowest BCUT2D eigenvalue weighted by Crippen LogP contribution is -2.42. The Hall–Kier alpha value is -1.40. The summed E-state index contributed by atoms with van der Waals surface area (Å²) in [4.78, 5) is 11.7. The highest BCUT2D eigenvalue weighted by molar-refractivity contribution is 7.89. The van der Waals surface area contributed by atoms with Crippen LogP contribution in [0.3, 0.4) is 0 Å². The fourth-order valence-electron chi connectivity index (χ4n) is 1.59. The van der Waals surface area contributed by atoms with Gasteiger partial charge >= 0.3 is 5.97 Å². The SMILES string of the molecule is CCC(C)(C)NS(=O)(=O)c1ccc(C)c(C(=O)OC)c1. The molecule has 1 rings (SSSR count). The van der Waals surface area contributed by atoms with Crippen LogP contribution >= 0.6 is 0 Å². The van der Waals surface area contributed by atoms with Crippen LogP contribution in [0.2, 0.25) is 0 Å². The fourth-order valence-corrected chi connectivity index (χ4v) is 3.10. The van der Waals surface area contributed by atoms with E-state index in [-0.39, 0.29) is 10.5 Å². The maximum atomic E-state index is 12.3. The molecule has 0 amide bonds. The van der Waals surface area contributed by atoms with Crippen molar-refractivity contribution in [1.82, 2.24) is 4.72 Å². The van der Waals surface area contributed by atoms with Crippen molar-refractivity contribution in [3.8, 4) is 0 Å². The molecule has 0 saturated heterocycles. The van der Waals surface area contributed by atoms with Crippen LogP contribution in [0.15, 0.2) is 23.1 Å². The first kappa shape index (κ1) is 16.7. The molecule has 0 fully saturated rings. The second-order valence-corrected chi connectivity index (χ2v) is 6.99. The topological polar surface area (TPSA) is 72.5 Å². The number of esters is 1. The molecular formula is C14H21NO4S. The van der Waals surface area contributed by atoms with Gasteiger partial charge in [0, 0.05) is 5.54 Å². The summed E-state index contributed by atoms with van der Waals surface area (Å²) in [6, 6.07) is 4.42. The molecule has 0 aliphatic carbocycles. The van der Waals surface area contributed by atoms with E-state index in [4.69, 9.17) is 0 Å². The molecule has 0 atom stereocenters. The van der Waals surface area contributed by atoms with Crippen LogP contribution in [0.25, 0.3) is 0 Å². The van der Waals surface area contributed by atoms with Gasteiger partial charge in [0.25, 0.3) is 0 Å². The van der Waals surface area contributed by atoms with E-state index in [0.717, 1.165) is 0 Å². The van der Waals surface area contributed by atoms with Gasteiger partial charge in [-0.1, -0.05) is 13.0 Å². The molecule has 5 nitrogen and oxygen atoms in total. The summed E-state index contributed by atoms with van der Waals surface area (Å²) in [6.07, 6.45) is 0.655. The molecule has 0 heterocycles. The molecule has 6 heteroatoms. The number of aryl methyl sites for hydroxylation is 1. The molecule has 1 N–H and O–H groups in total. The average Bonchev–Trinajstić information content (AvgIpc) is 2.37. The molecule has 0 aliphatic rings. The third-order valence-corrected chi connectivity index (χ3v) is 4.92. The van der Waals surface area contributed by atoms with Gasteiger partial charge in [-0.3, -0.25) is 0 Å². The summed E-state index contributed by atoms with van der Waals surface area (Å²) in [5, 5.41) is 0. The van der Waals surface area contributed by atoms with Crippen LogP contribution in [-0.2, 0) is 14.8 Å². The molecule has 0 saturated carbocycles. The molecule has 1 aromatic rings. The fraction of sp³-hybridized carbons (Fsp3) is 0.500. The zero-order valence-electron chi connectivity index (χ0n) is 12.5. The van der Waals surface area contributed by atoms with Crippen LogP contribution in [0.1, 0.15) is 43.1 Å². The van der Waals surface area contributed by atoms with Gasteiger partial charge in [-0.25, -0.2) is 17.9 Å². The molecular weight excluding hydrogens is 278 g/mol. The van der Waals surface area contributed by atoms with Gasteiger partial charge in [0.2, 0.25) is 10.0 Å². The monoisotopic (exact) mass is 299 g/mol. The van der Waals surface area contributed by atoms with Crippen molar-refractivity contribution in [1.29, 1.82) is 0 Å². The van der Waals surface area contributed by atoms with Gasteiger partial charge in [0.05, 0.1) is 17.6 Å². The van der Waals surface area contributed by atoms with Crippen LogP contribution in [0.5, 0.6) is 0 Å². The first-order valence-electron chi connectivity index (χ1n) is 6.36. The van der Waals surface area contributed by atoms with Crippen molar-refractivity contribution >= 4 is 16.0 Å². The highest BCUT2D eigenvalue weighted by atomic mass is 32.2. The van der Waals surface area contributed by atoms with Crippen molar-refractivity contribution in [2.45, 2.75) is 44.6 Å². The van der Waals surface area contributed by atoms with Crippen LogP contribution < -0.4 is 4.72 Å². The lowest BCUT2D eigenvalue weighted by Gasteiger charge is -2.24. The van der Waals surface area contributed by atoms with E-state index in [1.54, 1.807) is 26.8 Å². The van der Waals surface area contributed by atoms with Gasteiger partial charge in [-0.2, -0.15) is 0 Å². The van der Waals surface area contributed by atoms with E-state index >= 15 is 0 Å². The minimum Gasteiger partial charge on any atom is -0.465 e. The molecule has 112 valence electrons. The molecule has 20 heavy (non-hydrogen) atoms. The zero-order chi connectivity index (χ0) is 15.6. The number of methoxy groups -OCH3 is 1. The number of hydrogen-bond acceptors (Lipinski definition) is 4. The van der Waals surface area contributed by atoms with Crippen molar-refractivity contribution in [2.75, 3.05) is 7.11 Å². The maximum absolute atomic E-state index is 12.3. The largest absolute Gasteiger partial charge is 0.465 e. The molecule has 1 aromatic carbocycles. The maximum Gasteiger partial charge on any atom is 0.338 e. The van der Waals surface area contributed by atoms with Gasteiger partial charge in [0.1, 0.15) is 0 Å². The number of carbonyl (C=O) groups excluding carboxylic acids is 1. The molecule has 0 spiro atoms. The van der Waals surface area contributed by atoms with Crippen LogP contribution in [0, 0.1) is 6.92 Å². The van der Waals surface area contributed by atoms with Crippen molar-refractivity contribution in [3.05, 3.63) is 29.3 Å². The Kier molecular flexibility index (Phi) is 4.94. The second-order valence-electron chi connectivity index (χ2n) is 5.31. The molecule has 0 bridgehead atoms. The van der Waals surface area contributed by atoms with Gasteiger partial charge < -0.3 is 4.74 Å². The first-order chi connectivity index (χ1) is 9.13. The predicted molar refractivity (Wildman–Crippen MR) is 77.2 cm³/mol. The van der Waals surface area contributed by atoms with E-state index in [9.17, 15) is 13.2 Å². The number of rotatable bonds is 5. The standard InChI is InChI=1S/C14H21NO4S/c1-6-14(3,4)15-20(17,18)11-8-7-10(2)12(9-11)13(16)19-5/h7-9,15H,6H2,1-5H3. The second kappa shape index (κ2) is 5.93.